The van der Waals surface area contributed by atoms with Crippen LogP contribution in [-0.2, 0) is 16.0 Å². The maximum Gasteiger partial charge on any atom is 0.309 e. The molecular weight excluding hydrogens is 244 g/mol. The minimum absolute atomic E-state index is 0.0832. The van der Waals surface area contributed by atoms with Crippen molar-refractivity contribution >= 4 is 5.97 Å². The molecule has 108 valence electrons. The van der Waals surface area contributed by atoms with E-state index in [9.17, 15) is 9.90 Å². The Bertz CT molecular complexity index is 372. The molecular formula is C15H24O4. The minimum atomic E-state index is -0.344. The van der Waals surface area contributed by atoms with Crippen molar-refractivity contribution in [3.05, 3.63) is 23.8 Å². The summed E-state index contributed by atoms with van der Waals surface area (Å²) >= 11 is 0. The van der Waals surface area contributed by atoms with Gasteiger partial charge in [0.05, 0.1) is 20.1 Å². The number of ether oxygens (including phenoxy) is 2. The summed E-state index contributed by atoms with van der Waals surface area (Å²) < 4.78 is 9.76. The third kappa shape index (κ3) is 8.08. The second-order valence-electron chi connectivity index (χ2n) is 4.02. The number of carbonyl (C=O) groups excluding carboxylic acids is 1. The van der Waals surface area contributed by atoms with Crippen molar-refractivity contribution in [3.63, 3.8) is 0 Å². The molecule has 0 aromatic heterocycles. The Balaban J connectivity index is 0.000000711. The highest BCUT2D eigenvalue weighted by Gasteiger charge is 2.06. The van der Waals surface area contributed by atoms with Gasteiger partial charge in [0.15, 0.2) is 0 Å². The van der Waals surface area contributed by atoms with Gasteiger partial charge in [0, 0.05) is 6.07 Å². The van der Waals surface area contributed by atoms with Crippen LogP contribution in [0.25, 0.3) is 0 Å². The summed E-state index contributed by atoms with van der Waals surface area (Å²) in [6.45, 7) is 6.73. The predicted molar refractivity (Wildman–Crippen MR) is 75.6 cm³/mol. The lowest BCUT2D eigenvalue weighted by Gasteiger charge is -2.06. The van der Waals surface area contributed by atoms with Gasteiger partial charge in [-0.25, -0.2) is 0 Å². The largest absolute Gasteiger partial charge is 0.508 e. The van der Waals surface area contributed by atoms with Gasteiger partial charge in [-0.1, -0.05) is 26.7 Å². The first-order valence-corrected chi connectivity index (χ1v) is 6.59. The molecule has 0 radical (unpaired) electrons. The predicted octanol–water partition coefficient (Wildman–Crippen LogP) is 3.31. The Morgan fingerprint density at radius 3 is 2.26 bits per heavy atom. The van der Waals surface area contributed by atoms with E-state index in [1.54, 1.807) is 6.07 Å². The second-order valence-corrected chi connectivity index (χ2v) is 4.02. The molecule has 1 N–H and O–H groups in total. The average molecular weight is 268 g/mol. The van der Waals surface area contributed by atoms with E-state index in [1.165, 1.54) is 32.1 Å². The first-order valence-electron chi connectivity index (χ1n) is 6.59. The van der Waals surface area contributed by atoms with Crippen LogP contribution in [0.2, 0.25) is 0 Å². The molecule has 0 saturated carbocycles. The van der Waals surface area contributed by atoms with Crippen molar-refractivity contribution < 1.29 is 19.4 Å². The number of carbonyl (C=O) groups is 1. The van der Waals surface area contributed by atoms with E-state index in [2.05, 4.69) is 18.6 Å². The molecule has 0 aliphatic rings. The van der Waals surface area contributed by atoms with Crippen LogP contribution in [0.5, 0.6) is 11.5 Å². The van der Waals surface area contributed by atoms with Crippen molar-refractivity contribution in [2.45, 2.75) is 40.0 Å². The number of esters is 1. The van der Waals surface area contributed by atoms with Crippen molar-refractivity contribution in [1.29, 1.82) is 0 Å². The highest BCUT2D eigenvalue weighted by molar-refractivity contribution is 5.72. The molecule has 0 saturated heterocycles. The van der Waals surface area contributed by atoms with Crippen LogP contribution < -0.4 is 4.74 Å². The molecule has 0 aliphatic heterocycles. The molecule has 1 rings (SSSR count). The van der Waals surface area contributed by atoms with Crippen LogP contribution in [0.1, 0.15) is 39.2 Å². The van der Waals surface area contributed by atoms with Crippen molar-refractivity contribution in [1.82, 2.24) is 0 Å². The van der Waals surface area contributed by atoms with Crippen LogP contribution >= 0.6 is 0 Å². The van der Waals surface area contributed by atoms with Gasteiger partial charge < -0.3 is 14.6 Å². The summed E-state index contributed by atoms with van der Waals surface area (Å²) in [7, 11) is 1.33. The van der Waals surface area contributed by atoms with E-state index >= 15 is 0 Å². The molecule has 0 unspecified atom stereocenters. The van der Waals surface area contributed by atoms with Gasteiger partial charge in [-0.05, 0) is 24.6 Å². The Labute approximate surface area is 115 Å². The number of benzene rings is 1. The Hall–Kier alpha value is -1.71. The number of hydrogen-bond acceptors (Lipinski definition) is 4. The molecule has 4 nitrogen and oxygen atoms in total. The summed E-state index contributed by atoms with van der Waals surface area (Å²) in [5, 5.41) is 9.37. The minimum Gasteiger partial charge on any atom is -0.508 e. The quantitative estimate of drug-likeness (QED) is 0.832. The lowest BCUT2D eigenvalue weighted by Crippen LogP contribution is -2.04. The second kappa shape index (κ2) is 10.2. The lowest BCUT2D eigenvalue weighted by molar-refractivity contribution is -0.139. The molecule has 19 heavy (non-hydrogen) atoms. The normalized spacial score (nSPS) is 9.26. The number of methoxy groups -OCH3 is 1. The molecule has 0 heterocycles. The van der Waals surface area contributed by atoms with E-state index < -0.39 is 0 Å². The number of hydrogen-bond donors (Lipinski definition) is 1. The molecule has 4 heteroatoms. The zero-order valence-corrected chi connectivity index (χ0v) is 12.2. The average Bonchev–Trinajstić information content (AvgIpc) is 2.38. The maximum absolute atomic E-state index is 11.0. The van der Waals surface area contributed by atoms with E-state index in [4.69, 9.17) is 4.74 Å². The summed E-state index contributed by atoms with van der Waals surface area (Å²) in [6, 6.07) is 4.73. The van der Waals surface area contributed by atoms with E-state index in [0.29, 0.717) is 17.9 Å². The van der Waals surface area contributed by atoms with Crippen LogP contribution in [0.4, 0.5) is 0 Å². The summed E-state index contributed by atoms with van der Waals surface area (Å²) in [6.07, 6.45) is 2.77. The molecule has 0 spiro atoms. The fourth-order valence-corrected chi connectivity index (χ4v) is 1.23. The number of phenolic OH excluding ortho intramolecular Hbond substituents is 1. The van der Waals surface area contributed by atoms with E-state index in [-0.39, 0.29) is 18.1 Å². The Morgan fingerprint density at radius 1 is 1.16 bits per heavy atom. The Morgan fingerprint density at radius 2 is 1.79 bits per heavy atom. The van der Waals surface area contributed by atoms with Gasteiger partial charge >= 0.3 is 5.97 Å². The SMILES string of the molecule is CCCC.CCOc1cc(O)cc(CC(=O)OC)c1. The van der Waals surface area contributed by atoms with Crippen LogP contribution in [0.3, 0.4) is 0 Å². The van der Waals surface area contributed by atoms with Crippen molar-refractivity contribution in [3.8, 4) is 11.5 Å². The number of phenols is 1. The molecule has 0 atom stereocenters. The molecule has 0 fully saturated rings. The zero-order valence-electron chi connectivity index (χ0n) is 12.2. The zero-order chi connectivity index (χ0) is 14.7. The summed E-state index contributed by atoms with van der Waals surface area (Å²) in [5.74, 6) is 0.291. The third-order valence-electron chi connectivity index (χ3n) is 2.34. The topological polar surface area (TPSA) is 55.8 Å². The van der Waals surface area contributed by atoms with E-state index in [1.807, 2.05) is 6.92 Å². The van der Waals surface area contributed by atoms with Gasteiger partial charge in [0.25, 0.3) is 0 Å². The molecule has 1 aromatic carbocycles. The van der Waals surface area contributed by atoms with Crippen LogP contribution in [0, 0.1) is 0 Å². The number of unbranched alkanes of at least 4 members (excludes halogenated alkanes) is 1. The summed E-state index contributed by atoms with van der Waals surface area (Å²) in [4.78, 5) is 11.0. The monoisotopic (exact) mass is 268 g/mol. The van der Waals surface area contributed by atoms with Gasteiger partial charge in [-0.2, -0.15) is 0 Å². The first kappa shape index (κ1) is 17.3. The molecule has 0 bridgehead atoms. The number of rotatable bonds is 5. The maximum atomic E-state index is 11.0. The van der Waals surface area contributed by atoms with E-state index in [0.717, 1.165) is 0 Å². The van der Waals surface area contributed by atoms with Gasteiger partial charge in [0.2, 0.25) is 0 Å². The van der Waals surface area contributed by atoms with Crippen LogP contribution in [-0.4, -0.2) is 24.8 Å². The molecule has 0 amide bonds. The van der Waals surface area contributed by atoms with Crippen LogP contribution in [0.15, 0.2) is 18.2 Å². The fraction of sp³-hybridized carbons (Fsp3) is 0.533. The van der Waals surface area contributed by atoms with Gasteiger partial charge in [-0.3, -0.25) is 4.79 Å². The standard InChI is InChI=1S/C11H14O4.C4H10/c1-3-15-10-5-8(4-9(12)7-10)6-11(13)14-2;1-3-4-2/h4-5,7,12H,3,6H2,1-2H3;3-4H2,1-2H3. The van der Waals surface area contributed by atoms with Gasteiger partial charge in [-0.15, -0.1) is 0 Å². The molecule has 1 aromatic rings. The highest BCUT2D eigenvalue weighted by atomic mass is 16.5. The summed E-state index contributed by atoms with van der Waals surface area (Å²) in [5.41, 5.74) is 0.672. The lowest BCUT2D eigenvalue weighted by atomic mass is 10.1. The number of aromatic hydroxyl groups is 1. The fourth-order valence-electron chi connectivity index (χ4n) is 1.23. The van der Waals surface area contributed by atoms with Crippen molar-refractivity contribution in [2.24, 2.45) is 0 Å². The first-order chi connectivity index (χ1) is 9.07. The smallest absolute Gasteiger partial charge is 0.309 e. The Kier molecular flexibility index (Phi) is 9.31. The van der Waals surface area contributed by atoms with Gasteiger partial charge in [0.1, 0.15) is 11.5 Å². The van der Waals surface area contributed by atoms with Crippen molar-refractivity contribution in [2.75, 3.05) is 13.7 Å². The third-order valence-corrected chi connectivity index (χ3v) is 2.34. The molecule has 0 aliphatic carbocycles. The highest BCUT2D eigenvalue weighted by Crippen LogP contribution is 2.22.